The zero-order chi connectivity index (χ0) is 11.6. The van der Waals surface area contributed by atoms with E-state index < -0.39 is 20.5 Å². The van der Waals surface area contributed by atoms with Crippen LogP contribution in [0.1, 0.15) is 30.2 Å². The second-order valence-corrected chi connectivity index (χ2v) is 7.02. The van der Waals surface area contributed by atoms with E-state index in [1.165, 1.54) is 0 Å². The van der Waals surface area contributed by atoms with Crippen molar-refractivity contribution < 1.29 is 8.42 Å². The third-order valence-corrected chi connectivity index (χ3v) is 6.07. The SMILES string of the molecule is O=S1(=O)CCCCC1C(Cl)c1ccccc1. The smallest absolute Gasteiger partial charge is 0.154 e. The van der Waals surface area contributed by atoms with Crippen molar-refractivity contribution >= 4 is 21.4 Å². The first kappa shape index (κ1) is 11.9. The van der Waals surface area contributed by atoms with Crippen LogP contribution in [-0.4, -0.2) is 19.4 Å². The van der Waals surface area contributed by atoms with Gasteiger partial charge in [-0.25, -0.2) is 8.42 Å². The zero-order valence-electron chi connectivity index (χ0n) is 8.97. The zero-order valence-corrected chi connectivity index (χ0v) is 10.5. The van der Waals surface area contributed by atoms with Gasteiger partial charge >= 0.3 is 0 Å². The molecule has 0 amide bonds. The van der Waals surface area contributed by atoms with Gasteiger partial charge in [0.25, 0.3) is 0 Å². The molecule has 1 aliphatic heterocycles. The van der Waals surface area contributed by atoms with Crippen LogP contribution in [0, 0.1) is 0 Å². The largest absolute Gasteiger partial charge is 0.228 e. The molecule has 1 saturated heterocycles. The molecule has 16 heavy (non-hydrogen) atoms. The van der Waals surface area contributed by atoms with Crippen LogP contribution in [0.5, 0.6) is 0 Å². The fourth-order valence-electron chi connectivity index (χ4n) is 2.16. The standard InChI is InChI=1S/C12H15ClO2S/c13-12(10-6-2-1-3-7-10)11-8-4-5-9-16(11,14)15/h1-3,6-7,11-12H,4-5,8-9H2. The lowest BCUT2D eigenvalue weighted by Crippen LogP contribution is -2.31. The van der Waals surface area contributed by atoms with Crippen LogP contribution in [0.4, 0.5) is 0 Å². The third kappa shape index (κ3) is 2.41. The Balaban J connectivity index is 2.24. The van der Waals surface area contributed by atoms with Crippen molar-refractivity contribution in [3.05, 3.63) is 35.9 Å². The molecular formula is C12H15ClO2S. The molecular weight excluding hydrogens is 244 g/mol. The van der Waals surface area contributed by atoms with Gasteiger partial charge < -0.3 is 0 Å². The molecule has 2 unspecified atom stereocenters. The summed E-state index contributed by atoms with van der Waals surface area (Å²) in [6, 6.07) is 9.46. The lowest BCUT2D eigenvalue weighted by molar-refractivity contribution is 0.534. The fraction of sp³-hybridized carbons (Fsp3) is 0.500. The number of alkyl halides is 1. The van der Waals surface area contributed by atoms with Crippen LogP contribution >= 0.6 is 11.6 Å². The van der Waals surface area contributed by atoms with E-state index in [0.29, 0.717) is 6.42 Å². The topological polar surface area (TPSA) is 34.1 Å². The Morgan fingerprint density at radius 1 is 1.19 bits per heavy atom. The minimum absolute atomic E-state index is 0.285. The molecule has 4 heteroatoms. The Morgan fingerprint density at radius 3 is 2.50 bits per heavy atom. The monoisotopic (exact) mass is 258 g/mol. The summed E-state index contributed by atoms with van der Waals surface area (Å²) in [7, 11) is -3.00. The number of hydrogen-bond acceptors (Lipinski definition) is 2. The molecule has 1 aromatic carbocycles. The van der Waals surface area contributed by atoms with Crippen molar-refractivity contribution in [1.82, 2.24) is 0 Å². The second-order valence-electron chi connectivity index (χ2n) is 4.21. The van der Waals surface area contributed by atoms with Crippen molar-refractivity contribution in [2.45, 2.75) is 29.9 Å². The van der Waals surface area contributed by atoms with Gasteiger partial charge in [0.1, 0.15) is 0 Å². The minimum Gasteiger partial charge on any atom is -0.228 e. The summed E-state index contributed by atoms with van der Waals surface area (Å²) in [6.45, 7) is 0. The molecule has 1 aromatic rings. The predicted octanol–water partition coefficient (Wildman–Crippen LogP) is 2.93. The van der Waals surface area contributed by atoms with Crippen molar-refractivity contribution in [2.24, 2.45) is 0 Å². The van der Waals surface area contributed by atoms with E-state index in [0.717, 1.165) is 18.4 Å². The van der Waals surface area contributed by atoms with E-state index in [1.54, 1.807) is 0 Å². The van der Waals surface area contributed by atoms with E-state index >= 15 is 0 Å². The summed E-state index contributed by atoms with van der Waals surface area (Å²) >= 11 is 6.29. The molecule has 0 aromatic heterocycles. The first-order valence-corrected chi connectivity index (χ1v) is 7.67. The average Bonchev–Trinajstić information content (AvgIpc) is 2.29. The van der Waals surface area contributed by atoms with E-state index in [9.17, 15) is 8.42 Å². The quantitative estimate of drug-likeness (QED) is 0.765. The molecule has 2 nitrogen and oxygen atoms in total. The fourth-order valence-corrected chi connectivity index (χ4v) is 4.86. The Morgan fingerprint density at radius 2 is 1.88 bits per heavy atom. The Hall–Kier alpha value is -0.540. The summed E-state index contributed by atoms with van der Waals surface area (Å²) < 4.78 is 23.8. The predicted molar refractivity (Wildman–Crippen MR) is 66.5 cm³/mol. The molecule has 0 saturated carbocycles. The second kappa shape index (κ2) is 4.76. The molecule has 0 radical (unpaired) electrons. The average molecular weight is 259 g/mol. The Labute approximate surface area is 102 Å². The third-order valence-electron chi connectivity index (χ3n) is 3.07. The van der Waals surface area contributed by atoms with Crippen LogP contribution in [0.2, 0.25) is 0 Å². The summed E-state index contributed by atoms with van der Waals surface area (Å²) in [4.78, 5) is 0. The number of benzene rings is 1. The highest BCUT2D eigenvalue weighted by Crippen LogP contribution is 2.34. The number of halogens is 1. The molecule has 0 spiro atoms. The first-order valence-electron chi connectivity index (χ1n) is 5.52. The van der Waals surface area contributed by atoms with Gasteiger partial charge in [-0.15, -0.1) is 11.6 Å². The van der Waals surface area contributed by atoms with Crippen molar-refractivity contribution in [1.29, 1.82) is 0 Å². The normalized spacial score (nSPS) is 26.2. The highest BCUT2D eigenvalue weighted by atomic mass is 35.5. The molecule has 1 fully saturated rings. The lowest BCUT2D eigenvalue weighted by Gasteiger charge is -2.26. The minimum atomic E-state index is -3.00. The van der Waals surface area contributed by atoms with Crippen LogP contribution in [0.15, 0.2) is 30.3 Å². The van der Waals surface area contributed by atoms with E-state index in [1.807, 2.05) is 30.3 Å². The molecule has 1 heterocycles. The Bertz CT molecular complexity index is 441. The molecule has 0 aliphatic carbocycles. The highest BCUT2D eigenvalue weighted by Gasteiger charge is 2.35. The summed E-state index contributed by atoms with van der Waals surface area (Å²) in [5, 5.41) is -0.822. The maximum atomic E-state index is 11.9. The molecule has 0 bridgehead atoms. The van der Waals surface area contributed by atoms with Gasteiger partial charge in [-0.1, -0.05) is 36.8 Å². The van der Waals surface area contributed by atoms with Crippen LogP contribution in [0.25, 0.3) is 0 Å². The first-order chi connectivity index (χ1) is 7.61. The number of hydrogen-bond donors (Lipinski definition) is 0. The molecule has 2 rings (SSSR count). The maximum Gasteiger partial charge on any atom is 0.154 e. The summed E-state index contributed by atoms with van der Waals surface area (Å²) in [5.74, 6) is 0.285. The molecule has 2 atom stereocenters. The lowest BCUT2D eigenvalue weighted by atomic mass is 10.0. The van der Waals surface area contributed by atoms with Gasteiger partial charge in [0.2, 0.25) is 0 Å². The number of sulfone groups is 1. The van der Waals surface area contributed by atoms with Crippen molar-refractivity contribution in [2.75, 3.05) is 5.75 Å². The van der Waals surface area contributed by atoms with Crippen molar-refractivity contribution in [3.8, 4) is 0 Å². The molecule has 1 aliphatic rings. The number of rotatable bonds is 2. The van der Waals surface area contributed by atoms with E-state index in [-0.39, 0.29) is 5.75 Å². The van der Waals surface area contributed by atoms with Gasteiger partial charge in [-0.05, 0) is 18.4 Å². The van der Waals surface area contributed by atoms with E-state index in [2.05, 4.69) is 0 Å². The Kier molecular flexibility index (Phi) is 3.55. The van der Waals surface area contributed by atoms with Gasteiger partial charge in [0, 0.05) is 0 Å². The van der Waals surface area contributed by atoms with Crippen LogP contribution in [-0.2, 0) is 9.84 Å². The molecule has 88 valence electrons. The molecule has 0 N–H and O–H groups in total. The van der Waals surface area contributed by atoms with Crippen LogP contribution < -0.4 is 0 Å². The van der Waals surface area contributed by atoms with Crippen LogP contribution in [0.3, 0.4) is 0 Å². The summed E-state index contributed by atoms with van der Waals surface area (Å²) in [6.07, 6.45) is 2.42. The highest BCUT2D eigenvalue weighted by molar-refractivity contribution is 7.92. The van der Waals surface area contributed by atoms with E-state index in [4.69, 9.17) is 11.6 Å². The van der Waals surface area contributed by atoms with Crippen molar-refractivity contribution in [3.63, 3.8) is 0 Å². The van der Waals surface area contributed by atoms with Gasteiger partial charge in [-0.3, -0.25) is 0 Å². The van der Waals surface area contributed by atoms with Gasteiger partial charge in [0.05, 0.1) is 16.4 Å². The summed E-state index contributed by atoms with van der Waals surface area (Å²) in [5.41, 5.74) is 0.902. The maximum absolute atomic E-state index is 11.9. The van der Waals surface area contributed by atoms with Gasteiger partial charge in [-0.2, -0.15) is 0 Å². The van der Waals surface area contributed by atoms with Gasteiger partial charge in [0.15, 0.2) is 9.84 Å².